The summed E-state index contributed by atoms with van der Waals surface area (Å²) >= 11 is 6.35. The zero-order valence-corrected chi connectivity index (χ0v) is 21.7. The molecule has 0 aliphatic carbocycles. The Morgan fingerprint density at radius 1 is 1.06 bits per heavy atom. The SMILES string of the molecule is CN1CCN(Cc2ccc(Nc3ncc(Cl)c(Nc4ccccc4S(=N)(=O)N(C)C)n3)cc2)CC1. The van der Waals surface area contributed by atoms with Crippen LogP contribution in [0.5, 0.6) is 0 Å². The van der Waals surface area contributed by atoms with Crippen LogP contribution in [0, 0.1) is 4.78 Å². The number of hydrogen-bond donors (Lipinski definition) is 3. The Bertz CT molecular complexity index is 1260. The van der Waals surface area contributed by atoms with Crippen molar-refractivity contribution in [3.8, 4) is 0 Å². The lowest BCUT2D eigenvalue weighted by atomic mass is 10.2. The van der Waals surface area contributed by atoms with Gasteiger partial charge in [0.25, 0.3) is 0 Å². The van der Waals surface area contributed by atoms with Gasteiger partial charge >= 0.3 is 0 Å². The van der Waals surface area contributed by atoms with Gasteiger partial charge in [0.05, 0.1) is 16.8 Å². The van der Waals surface area contributed by atoms with Crippen LogP contribution in [0.1, 0.15) is 5.56 Å². The number of rotatable bonds is 8. The second-order valence-corrected chi connectivity index (χ2v) is 11.4. The molecule has 1 saturated heterocycles. The van der Waals surface area contributed by atoms with E-state index in [2.05, 4.69) is 49.6 Å². The Morgan fingerprint density at radius 3 is 2.43 bits per heavy atom. The quantitative estimate of drug-likeness (QED) is 0.413. The molecule has 4 rings (SSSR count). The summed E-state index contributed by atoms with van der Waals surface area (Å²) in [6.07, 6.45) is 1.51. The highest BCUT2D eigenvalue weighted by atomic mass is 35.5. The van der Waals surface area contributed by atoms with E-state index in [-0.39, 0.29) is 0 Å². The molecule has 0 amide bonds. The minimum Gasteiger partial charge on any atom is -0.338 e. The minimum absolute atomic E-state index is 0.314. The van der Waals surface area contributed by atoms with Crippen LogP contribution >= 0.6 is 11.6 Å². The van der Waals surface area contributed by atoms with Crippen LogP contribution in [0.25, 0.3) is 0 Å². The van der Waals surface area contributed by atoms with Crippen LogP contribution in [-0.4, -0.2) is 75.6 Å². The summed E-state index contributed by atoms with van der Waals surface area (Å²) < 4.78 is 22.6. The zero-order valence-electron chi connectivity index (χ0n) is 20.2. The second kappa shape index (κ2) is 10.9. The van der Waals surface area contributed by atoms with Crippen molar-refractivity contribution in [3.63, 3.8) is 0 Å². The Morgan fingerprint density at radius 2 is 1.74 bits per heavy atom. The van der Waals surface area contributed by atoms with Crippen molar-refractivity contribution in [2.24, 2.45) is 0 Å². The molecule has 1 aromatic heterocycles. The molecule has 186 valence electrons. The number of nitrogens with one attached hydrogen (secondary N) is 3. The fraction of sp³-hybridized carbons (Fsp3) is 0.333. The number of nitrogens with zero attached hydrogens (tertiary/aromatic N) is 5. The van der Waals surface area contributed by atoms with Crippen LogP contribution < -0.4 is 10.6 Å². The van der Waals surface area contributed by atoms with Gasteiger partial charge < -0.3 is 15.5 Å². The van der Waals surface area contributed by atoms with E-state index in [0.717, 1.165) is 38.4 Å². The molecule has 3 aromatic rings. The lowest BCUT2D eigenvalue weighted by molar-refractivity contribution is 0.148. The first-order chi connectivity index (χ1) is 16.7. The van der Waals surface area contributed by atoms with E-state index in [0.29, 0.717) is 27.4 Å². The molecule has 1 aliphatic rings. The summed E-state index contributed by atoms with van der Waals surface area (Å²) in [6, 6.07) is 15.2. The summed E-state index contributed by atoms with van der Waals surface area (Å²) in [5, 5.41) is 6.66. The molecule has 11 heteroatoms. The number of aromatic nitrogens is 2. The number of anilines is 4. The number of para-hydroxylation sites is 1. The van der Waals surface area contributed by atoms with Gasteiger partial charge in [-0.25, -0.2) is 18.3 Å². The molecule has 0 radical (unpaired) electrons. The molecule has 3 N–H and O–H groups in total. The monoisotopic (exact) mass is 514 g/mol. The van der Waals surface area contributed by atoms with Crippen molar-refractivity contribution in [1.29, 1.82) is 4.78 Å². The number of hydrogen-bond acceptors (Lipinski definition) is 8. The third-order valence-electron chi connectivity index (χ3n) is 5.91. The summed E-state index contributed by atoms with van der Waals surface area (Å²) in [5.41, 5.74) is 2.62. The summed E-state index contributed by atoms with van der Waals surface area (Å²) in [4.78, 5) is 14.0. The van der Waals surface area contributed by atoms with Gasteiger partial charge in [-0.3, -0.25) is 4.90 Å². The zero-order chi connectivity index (χ0) is 25.0. The molecule has 1 unspecified atom stereocenters. The van der Waals surface area contributed by atoms with Crippen molar-refractivity contribution in [3.05, 3.63) is 65.3 Å². The largest absolute Gasteiger partial charge is 0.338 e. The standard InChI is InChI=1S/C24H31ClN8OS/c1-31(2)35(26,34)22-7-5-4-6-21(22)29-23-20(25)16-27-24(30-23)28-19-10-8-18(9-11-19)17-33-14-12-32(3)13-15-33/h4-11,16,26H,12-15,17H2,1-3H3,(H2,27,28,29,30). The minimum atomic E-state index is -3.15. The molecule has 0 saturated carbocycles. The molecule has 9 nitrogen and oxygen atoms in total. The molecule has 1 fully saturated rings. The first-order valence-electron chi connectivity index (χ1n) is 11.3. The predicted molar refractivity (Wildman–Crippen MR) is 142 cm³/mol. The molecular formula is C24H31ClN8OS. The molecule has 1 aliphatic heterocycles. The van der Waals surface area contributed by atoms with Crippen LogP contribution in [0.4, 0.5) is 23.1 Å². The van der Waals surface area contributed by atoms with Crippen molar-refractivity contribution >= 4 is 44.7 Å². The maximum Gasteiger partial charge on any atom is 0.229 e. The third kappa shape index (κ3) is 6.28. The maximum atomic E-state index is 12.9. The third-order valence-corrected chi connectivity index (χ3v) is 8.17. The van der Waals surface area contributed by atoms with E-state index < -0.39 is 9.92 Å². The molecule has 1 atom stereocenters. The summed E-state index contributed by atoms with van der Waals surface area (Å²) in [6.45, 7) is 5.30. The van der Waals surface area contributed by atoms with Gasteiger partial charge in [-0.1, -0.05) is 35.9 Å². The van der Waals surface area contributed by atoms with Crippen molar-refractivity contribution in [1.82, 2.24) is 24.1 Å². The van der Waals surface area contributed by atoms with E-state index in [1.807, 2.05) is 12.1 Å². The normalized spacial score (nSPS) is 16.7. The van der Waals surface area contributed by atoms with Gasteiger partial charge in [0.1, 0.15) is 14.9 Å². The van der Waals surface area contributed by atoms with Gasteiger partial charge in [0.15, 0.2) is 5.82 Å². The van der Waals surface area contributed by atoms with E-state index in [9.17, 15) is 4.21 Å². The fourth-order valence-electron chi connectivity index (χ4n) is 3.74. The average Bonchev–Trinajstić information content (AvgIpc) is 2.84. The van der Waals surface area contributed by atoms with Crippen molar-refractivity contribution < 1.29 is 4.21 Å². The van der Waals surface area contributed by atoms with Gasteiger partial charge in [-0.2, -0.15) is 4.98 Å². The lowest BCUT2D eigenvalue weighted by Gasteiger charge is -2.32. The molecular weight excluding hydrogens is 484 g/mol. The van der Waals surface area contributed by atoms with E-state index in [4.69, 9.17) is 16.4 Å². The Kier molecular flexibility index (Phi) is 7.88. The van der Waals surface area contributed by atoms with Crippen molar-refractivity contribution in [2.75, 3.05) is 58.0 Å². The van der Waals surface area contributed by atoms with E-state index >= 15 is 0 Å². The first-order valence-corrected chi connectivity index (χ1v) is 13.2. The topological polar surface area (TPSA) is 100 Å². The van der Waals surface area contributed by atoms with Gasteiger partial charge in [-0.05, 0) is 36.9 Å². The van der Waals surface area contributed by atoms with Gasteiger partial charge in [-0.15, -0.1) is 0 Å². The number of likely N-dealkylation sites (N-methyl/N-ethyl adjacent to an activating group) is 1. The van der Waals surface area contributed by atoms with Gasteiger partial charge in [0.2, 0.25) is 5.95 Å². The number of halogens is 1. The Labute approximate surface area is 212 Å². The Balaban J connectivity index is 1.47. The van der Waals surface area contributed by atoms with Crippen LogP contribution in [0.15, 0.2) is 59.6 Å². The highest BCUT2D eigenvalue weighted by molar-refractivity contribution is 7.90. The van der Waals surface area contributed by atoms with E-state index in [1.54, 1.807) is 38.4 Å². The average molecular weight is 515 g/mol. The van der Waals surface area contributed by atoms with Crippen LogP contribution in [0.2, 0.25) is 5.02 Å². The Hall–Kier alpha value is -2.76. The molecule has 0 spiro atoms. The molecule has 0 bridgehead atoms. The fourth-order valence-corrected chi connectivity index (χ4v) is 4.95. The van der Waals surface area contributed by atoms with Crippen LogP contribution in [-0.2, 0) is 16.5 Å². The highest BCUT2D eigenvalue weighted by Crippen LogP contribution is 2.30. The van der Waals surface area contributed by atoms with Gasteiger partial charge in [0, 0.05) is 52.5 Å². The maximum absolute atomic E-state index is 12.9. The van der Waals surface area contributed by atoms with Crippen LogP contribution in [0.3, 0.4) is 0 Å². The smallest absolute Gasteiger partial charge is 0.229 e. The predicted octanol–water partition coefficient (Wildman–Crippen LogP) is 4.25. The molecule has 2 aromatic carbocycles. The van der Waals surface area contributed by atoms with E-state index in [1.165, 1.54) is 16.1 Å². The number of piperazine rings is 1. The summed E-state index contributed by atoms with van der Waals surface area (Å²) in [5.74, 6) is 0.734. The first kappa shape index (κ1) is 25.3. The lowest BCUT2D eigenvalue weighted by Crippen LogP contribution is -2.43. The second-order valence-electron chi connectivity index (χ2n) is 8.75. The summed E-state index contributed by atoms with van der Waals surface area (Å²) in [7, 11) is 2.23. The van der Waals surface area contributed by atoms with Crippen molar-refractivity contribution in [2.45, 2.75) is 11.4 Å². The number of benzene rings is 2. The highest BCUT2D eigenvalue weighted by Gasteiger charge is 2.18. The molecule has 2 heterocycles. The molecule has 35 heavy (non-hydrogen) atoms.